The lowest BCUT2D eigenvalue weighted by Crippen LogP contribution is -2.35. The number of rotatable bonds is 5. The Labute approximate surface area is 121 Å². The smallest absolute Gasteiger partial charge is 0.179 e. The first kappa shape index (κ1) is 14.5. The molecule has 0 saturated carbocycles. The number of hydrogen-bond donors (Lipinski definition) is 0. The number of benzene rings is 2. The first-order valence-electron chi connectivity index (χ1n) is 6.93. The van der Waals surface area contributed by atoms with Crippen LogP contribution in [-0.4, -0.2) is 23.8 Å². The highest BCUT2D eigenvalue weighted by atomic mass is 16.1. The zero-order chi connectivity index (χ0) is 14.5. The molecular formula is C18H21NO. The first-order valence-corrected chi connectivity index (χ1v) is 6.93. The molecule has 0 radical (unpaired) electrons. The van der Waals surface area contributed by atoms with Crippen LogP contribution >= 0.6 is 0 Å². The molecule has 20 heavy (non-hydrogen) atoms. The number of Topliss-reactive ketones (excluding diaryl/α,β-unsaturated/α-hetero) is 1. The van der Waals surface area contributed by atoms with Gasteiger partial charge in [0, 0.05) is 12.1 Å². The third kappa shape index (κ3) is 3.55. The lowest BCUT2D eigenvalue weighted by molar-refractivity contribution is 0.0862. The molecule has 0 amide bonds. The molecule has 2 aromatic carbocycles. The van der Waals surface area contributed by atoms with Crippen LogP contribution in [-0.2, 0) is 6.54 Å². The summed E-state index contributed by atoms with van der Waals surface area (Å²) in [5.74, 6) is 0.170. The van der Waals surface area contributed by atoms with Crippen LogP contribution in [0, 0.1) is 6.92 Å². The van der Waals surface area contributed by atoms with E-state index in [-0.39, 0.29) is 11.8 Å². The Morgan fingerprint density at radius 1 is 1.05 bits per heavy atom. The number of carbonyl (C=O) groups is 1. The quantitative estimate of drug-likeness (QED) is 0.770. The zero-order valence-corrected chi connectivity index (χ0v) is 12.3. The second kappa shape index (κ2) is 6.49. The summed E-state index contributed by atoms with van der Waals surface area (Å²) in [6, 6.07) is 17.9. The van der Waals surface area contributed by atoms with Crippen molar-refractivity contribution in [2.45, 2.75) is 26.4 Å². The summed E-state index contributed by atoms with van der Waals surface area (Å²) in [5, 5.41) is 0. The van der Waals surface area contributed by atoms with E-state index in [0.717, 1.165) is 12.1 Å². The van der Waals surface area contributed by atoms with Gasteiger partial charge in [-0.05, 0) is 26.5 Å². The maximum Gasteiger partial charge on any atom is 0.179 e. The fourth-order valence-corrected chi connectivity index (χ4v) is 2.17. The molecular weight excluding hydrogens is 246 g/mol. The average Bonchev–Trinajstić information content (AvgIpc) is 2.47. The van der Waals surface area contributed by atoms with Gasteiger partial charge in [0.25, 0.3) is 0 Å². The van der Waals surface area contributed by atoms with Gasteiger partial charge in [0.2, 0.25) is 0 Å². The molecule has 0 heterocycles. The van der Waals surface area contributed by atoms with E-state index in [1.807, 2.05) is 63.4 Å². The second-order valence-corrected chi connectivity index (χ2v) is 5.31. The zero-order valence-electron chi connectivity index (χ0n) is 12.3. The highest BCUT2D eigenvalue weighted by Gasteiger charge is 2.19. The Kier molecular flexibility index (Phi) is 4.70. The Balaban J connectivity index is 2.04. The number of hydrogen-bond acceptors (Lipinski definition) is 2. The number of carbonyl (C=O) groups excluding carboxylic acids is 1. The highest BCUT2D eigenvalue weighted by Crippen LogP contribution is 2.12. The van der Waals surface area contributed by atoms with E-state index in [9.17, 15) is 4.79 Å². The van der Waals surface area contributed by atoms with E-state index in [0.29, 0.717) is 0 Å². The number of ketones is 1. The van der Waals surface area contributed by atoms with Crippen LogP contribution in [0.2, 0.25) is 0 Å². The molecule has 0 saturated heterocycles. The second-order valence-electron chi connectivity index (χ2n) is 5.31. The molecule has 0 N–H and O–H groups in total. The van der Waals surface area contributed by atoms with Crippen molar-refractivity contribution in [2.75, 3.05) is 7.05 Å². The van der Waals surface area contributed by atoms with Crippen molar-refractivity contribution in [3.63, 3.8) is 0 Å². The molecule has 104 valence electrons. The van der Waals surface area contributed by atoms with Crippen molar-refractivity contribution in [3.8, 4) is 0 Å². The molecule has 0 aliphatic heterocycles. The van der Waals surface area contributed by atoms with Crippen molar-refractivity contribution in [1.82, 2.24) is 4.90 Å². The lowest BCUT2D eigenvalue weighted by atomic mass is 10.0. The Hall–Kier alpha value is -1.93. The standard InChI is InChI=1S/C18H21NO/c1-14-9-11-17(12-10-14)18(20)15(2)19(3)13-16-7-5-4-6-8-16/h4-12,15H,13H2,1-3H3. The van der Waals surface area contributed by atoms with Crippen molar-refractivity contribution >= 4 is 5.78 Å². The minimum Gasteiger partial charge on any atom is -0.292 e. The van der Waals surface area contributed by atoms with Gasteiger partial charge in [0.15, 0.2) is 5.78 Å². The molecule has 2 aromatic rings. The van der Waals surface area contributed by atoms with Crippen LogP contribution in [0.25, 0.3) is 0 Å². The van der Waals surface area contributed by atoms with Gasteiger partial charge < -0.3 is 0 Å². The van der Waals surface area contributed by atoms with Crippen LogP contribution in [0.3, 0.4) is 0 Å². The minimum atomic E-state index is -0.127. The summed E-state index contributed by atoms with van der Waals surface area (Å²) in [5.41, 5.74) is 3.17. The van der Waals surface area contributed by atoms with Gasteiger partial charge in [-0.15, -0.1) is 0 Å². The van der Waals surface area contributed by atoms with E-state index in [1.165, 1.54) is 11.1 Å². The molecule has 0 aliphatic rings. The summed E-state index contributed by atoms with van der Waals surface area (Å²) in [6.45, 7) is 4.77. The molecule has 0 fully saturated rings. The fourth-order valence-electron chi connectivity index (χ4n) is 2.17. The largest absolute Gasteiger partial charge is 0.292 e. The van der Waals surface area contributed by atoms with Gasteiger partial charge in [-0.25, -0.2) is 0 Å². The van der Waals surface area contributed by atoms with E-state index >= 15 is 0 Å². The molecule has 0 aliphatic carbocycles. The predicted octanol–water partition coefficient (Wildman–Crippen LogP) is 3.70. The van der Waals surface area contributed by atoms with Gasteiger partial charge in [-0.1, -0.05) is 60.2 Å². The van der Waals surface area contributed by atoms with E-state index in [1.54, 1.807) is 0 Å². The van der Waals surface area contributed by atoms with Crippen LogP contribution in [0.4, 0.5) is 0 Å². The molecule has 2 rings (SSSR count). The first-order chi connectivity index (χ1) is 9.58. The van der Waals surface area contributed by atoms with Crippen molar-refractivity contribution in [2.24, 2.45) is 0 Å². The van der Waals surface area contributed by atoms with Crippen molar-refractivity contribution in [1.29, 1.82) is 0 Å². The van der Waals surface area contributed by atoms with Gasteiger partial charge in [-0.3, -0.25) is 9.69 Å². The highest BCUT2D eigenvalue weighted by molar-refractivity contribution is 5.99. The van der Waals surface area contributed by atoms with Crippen molar-refractivity contribution in [3.05, 3.63) is 71.3 Å². The Morgan fingerprint density at radius 2 is 1.65 bits per heavy atom. The van der Waals surface area contributed by atoms with Crippen LogP contribution in [0.1, 0.15) is 28.4 Å². The molecule has 0 spiro atoms. The van der Waals surface area contributed by atoms with Crippen LogP contribution < -0.4 is 0 Å². The molecule has 0 aromatic heterocycles. The Morgan fingerprint density at radius 3 is 2.25 bits per heavy atom. The summed E-state index contributed by atoms with van der Waals surface area (Å²) in [7, 11) is 1.99. The molecule has 2 nitrogen and oxygen atoms in total. The number of aryl methyl sites for hydroxylation is 1. The van der Waals surface area contributed by atoms with Gasteiger partial charge in [-0.2, -0.15) is 0 Å². The maximum atomic E-state index is 12.4. The topological polar surface area (TPSA) is 20.3 Å². The summed E-state index contributed by atoms with van der Waals surface area (Å²) < 4.78 is 0. The van der Waals surface area contributed by atoms with Crippen LogP contribution in [0.15, 0.2) is 54.6 Å². The molecule has 0 bridgehead atoms. The summed E-state index contributed by atoms with van der Waals surface area (Å²) in [6.07, 6.45) is 0. The van der Waals surface area contributed by atoms with Gasteiger partial charge >= 0.3 is 0 Å². The predicted molar refractivity (Wildman–Crippen MR) is 82.9 cm³/mol. The van der Waals surface area contributed by atoms with E-state index in [2.05, 4.69) is 17.0 Å². The Bertz CT molecular complexity index is 560. The fraction of sp³-hybridized carbons (Fsp3) is 0.278. The van der Waals surface area contributed by atoms with Crippen LogP contribution in [0.5, 0.6) is 0 Å². The summed E-state index contributed by atoms with van der Waals surface area (Å²) in [4.78, 5) is 14.5. The number of likely N-dealkylation sites (N-methyl/N-ethyl adjacent to an activating group) is 1. The minimum absolute atomic E-state index is 0.127. The average molecular weight is 267 g/mol. The van der Waals surface area contributed by atoms with E-state index < -0.39 is 0 Å². The lowest BCUT2D eigenvalue weighted by Gasteiger charge is -2.23. The third-order valence-electron chi connectivity index (χ3n) is 3.65. The number of nitrogens with zero attached hydrogens (tertiary/aromatic N) is 1. The van der Waals surface area contributed by atoms with Gasteiger partial charge in [0.05, 0.1) is 6.04 Å². The molecule has 1 atom stereocenters. The third-order valence-corrected chi connectivity index (χ3v) is 3.65. The maximum absolute atomic E-state index is 12.4. The van der Waals surface area contributed by atoms with E-state index in [4.69, 9.17) is 0 Å². The van der Waals surface area contributed by atoms with Crippen molar-refractivity contribution < 1.29 is 4.79 Å². The SMILES string of the molecule is Cc1ccc(C(=O)C(C)N(C)Cc2ccccc2)cc1. The summed E-state index contributed by atoms with van der Waals surface area (Å²) >= 11 is 0. The molecule has 1 unspecified atom stereocenters. The monoisotopic (exact) mass is 267 g/mol. The van der Waals surface area contributed by atoms with Gasteiger partial charge in [0.1, 0.15) is 0 Å². The normalized spacial score (nSPS) is 12.4. The molecule has 2 heteroatoms.